The lowest BCUT2D eigenvalue weighted by Gasteiger charge is -2.26. The van der Waals surface area contributed by atoms with Gasteiger partial charge < -0.3 is 4.90 Å². The van der Waals surface area contributed by atoms with E-state index in [0.29, 0.717) is 11.3 Å². The van der Waals surface area contributed by atoms with E-state index in [0.717, 1.165) is 28.1 Å². The van der Waals surface area contributed by atoms with Crippen LogP contribution in [-0.2, 0) is 9.59 Å². The highest BCUT2D eigenvalue weighted by Gasteiger charge is 2.36. The second-order valence-electron chi connectivity index (χ2n) is 6.20. The number of urea groups is 1. The molecule has 28 heavy (non-hydrogen) atoms. The van der Waals surface area contributed by atoms with Gasteiger partial charge in [0.15, 0.2) is 0 Å². The highest BCUT2D eigenvalue weighted by Crippen LogP contribution is 2.25. The summed E-state index contributed by atoms with van der Waals surface area (Å²) < 4.78 is 0.722. The first-order valence-electron chi connectivity index (χ1n) is 8.96. The molecule has 4 amide bonds. The molecule has 3 rings (SSSR count). The number of nitrogens with zero attached hydrogens (tertiary/aromatic N) is 2. The molecule has 7 heteroatoms. The van der Waals surface area contributed by atoms with Crippen LogP contribution >= 0.6 is 15.9 Å². The molecule has 0 saturated carbocycles. The Labute approximate surface area is 171 Å². The summed E-state index contributed by atoms with van der Waals surface area (Å²) in [5.41, 5.74) is 2.07. The zero-order valence-corrected chi connectivity index (χ0v) is 17.2. The molecule has 1 heterocycles. The van der Waals surface area contributed by atoms with Gasteiger partial charge in [-0.3, -0.25) is 14.9 Å². The molecule has 1 fully saturated rings. The van der Waals surface area contributed by atoms with E-state index in [1.807, 2.05) is 24.3 Å². The van der Waals surface area contributed by atoms with E-state index in [-0.39, 0.29) is 5.57 Å². The Morgan fingerprint density at radius 1 is 1.04 bits per heavy atom. The highest BCUT2D eigenvalue weighted by atomic mass is 79.9. The van der Waals surface area contributed by atoms with Crippen LogP contribution in [0, 0.1) is 0 Å². The summed E-state index contributed by atoms with van der Waals surface area (Å²) in [6.07, 6.45) is 1.50. The van der Waals surface area contributed by atoms with E-state index in [4.69, 9.17) is 0 Å². The standard InChI is InChI=1S/C21H20BrN3O3/c1-3-24(4-2)16-10-8-14(9-11-16)12-18-19(26)23-21(28)25(20(18)27)17-7-5-6-15(22)13-17/h5-13H,3-4H2,1-2H3,(H,23,26,28)/b18-12+. The van der Waals surface area contributed by atoms with Crippen molar-refractivity contribution < 1.29 is 14.4 Å². The van der Waals surface area contributed by atoms with Crippen molar-refractivity contribution in [1.82, 2.24) is 5.32 Å². The number of imide groups is 2. The quantitative estimate of drug-likeness (QED) is 0.562. The molecule has 144 valence electrons. The van der Waals surface area contributed by atoms with Crippen LogP contribution in [0.15, 0.2) is 58.6 Å². The zero-order chi connectivity index (χ0) is 20.3. The van der Waals surface area contributed by atoms with Crippen LogP contribution in [0.4, 0.5) is 16.2 Å². The lowest BCUT2D eigenvalue weighted by atomic mass is 10.1. The number of amides is 4. The average Bonchev–Trinajstić information content (AvgIpc) is 2.67. The lowest BCUT2D eigenvalue weighted by molar-refractivity contribution is -0.122. The van der Waals surface area contributed by atoms with Gasteiger partial charge in [-0.25, -0.2) is 9.69 Å². The minimum atomic E-state index is -0.762. The van der Waals surface area contributed by atoms with Crippen LogP contribution in [0.2, 0.25) is 0 Å². The van der Waals surface area contributed by atoms with Crippen molar-refractivity contribution in [3.8, 4) is 0 Å². The number of anilines is 2. The number of carbonyl (C=O) groups is 3. The first kappa shape index (κ1) is 19.8. The maximum Gasteiger partial charge on any atom is 0.335 e. The molecule has 1 N–H and O–H groups in total. The third-order valence-corrected chi connectivity index (χ3v) is 4.99. The fraction of sp³-hybridized carbons (Fsp3) is 0.190. The first-order valence-corrected chi connectivity index (χ1v) is 9.76. The number of rotatable bonds is 5. The molecule has 0 radical (unpaired) electrons. The van der Waals surface area contributed by atoms with Crippen LogP contribution < -0.4 is 15.1 Å². The van der Waals surface area contributed by atoms with Gasteiger partial charge in [-0.2, -0.15) is 0 Å². The fourth-order valence-corrected chi connectivity index (χ4v) is 3.43. The Morgan fingerprint density at radius 3 is 2.32 bits per heavy atom. The topological polar surface area (TPSA) is 69.7 Å². The monoisotopic (exact) mass is 441 g/mol. The average molecular weight is 442 g/mol. The number of hydrogen-bond acceptors (Lipinski definition) is 4. The molecule has 1 aliphatic heterocycles. The third-order valence-electron chi connectivity index (χ3n) is 4.50. The molecule has 0 unspecified atom stereocenters. The smallest absolute Gasteiger partial charge is 0.335 e. The van der Waals surface area contributed by atoms with E-state index < -0.39 is 17.8 Å². The summed E-state index contributed by atoms with van der Waals surface area (Å²) in [4.78, 5) is 40.5. The number of carbonyl (C=O) groups excluding carboxylic acids is 3. The predicted octanol–water partition coefficient (Wildman–Crippen LogP) is 3.96. The molecule has 2 aromatic carbocycles. The Balaban J connectivity index is 1.93. The van der Waals surface area contributed by atoms with Crippen LogP contribution in [0.1, 0.15) is 19.4 Å². The predicted molar refractivity (Wildman–Crippen MR) is 113 cm³/mol. The first-order chi connectivity index (χ1) is 13.4. The van der Waals surface area contributed by atoms with Crippen molar-refractivity contribution in [3.05, 3.63) is 64.1 Å². The maximum absolute atomic E-state index is 12.9. The van der Waals surface area contributed by atoms with Crippen molar-refractivity contribution >= 4 is 51.2 Å². The van der Waals surface area contributed by atoms with Gasteiger partial charge >= 0.3 is 6.03 Å². The van der Waals surface area contributed by atoms with E-state index in [1.54, 1.807) is 24.3 Å². The van der Waals surface area contributed by atoms with Crippen molar-refractivity contribution in [2.75, 3.05) is 22.9 Å². The second-order valence-corrected chi connectivity index (χ2v) is 7.12. The second kappa shape index (κ2) is 8.39. The Kier molecular flexibility index (Phi) is 5.94. The Morgan fingerprint density at radius 2 is 1.71 bits per heavy atom. The minimum absolute atomic E-state index is 0.0878. The molecule has 0 spiro atoms. The van der Waals surface area contributed by atoms with E-state index in [2.05, 4.69) is 40.0 Å². The van der Waals surface area contributed by atoms with E-state index in [9.17, 15) is 14.4 Å². The van der Waals surface area contributed by atoms with Crippen molar-refractivity contribution in [1.29, 1.82) is 0 Å². The highest BCUT2D eigenvalue weighted by molar-refractivity contribution is 9.10. The van der Waals surface area contributed by atoms with Crippen molar-refractivity contribution in [2.24, 2.45) is 0 Å². The van der Waals surface area contributed by atoms with Crippen LogP contribution in [0.25, 0.3) is 6.08 Å². The maximum atomic E-state index is 12.9. The van der Waals surface area contributed by atoms with Gasteiger partial charge in [0.2, 0.25) is 0 Å². The molecule has 2 aromatic rings. The van der Waals surface area contributed by atoms with Gasteiger partial charge in [0.25, 0.3) is 11.8 Å². The van der Waals surface area contributed by atoms with Crippen LogP contribution in [0.3, 0.4) is 0 Å². The number of barbiturate groups is 1. The Hall–Kier alpha value is -2.93. The van der Waals surface area contributed by atoms with Crippen molar-refractivity contribution in [2.45, 2.75) is 13.8 Å². The summed E-state index contributed by atoms with van der Waals surface area (Å²) in [6.45, 7) is 5.94. The lowest BCUT2D eigenvalue weighted by Crippen LogP contribution is -2.54. The van der Waals surface area contributed by atoms with Gasteiger partial charge in [-0.15, -0.1) is 0 Å². The molecular formula is C21H20BrN3O3. The number of halogens is 1. The SMILES string of the molecule is CCN(CC)c1ccc(/C=C2\C(=O)NC(=O)N(c3cccc(Br)c3)C2=O)cc1. The normalized spacial score (nSPS) is 15.8. The largest absolute Gasteiger partial charge is 0.372 e. The zero-order valence-electron chi connectivity index (χ0n) is 15.6. The van der Waals surface area contributed by atoms with Crippen LogP contribution in [-0.4, -0.2) is 30.9 Å². The molecular weight excluding hydrogens is 422 g/mol. The summed E-state index contributed by atoms with van der Waals surface area (Å²) in [6, 6.07) is 13.6. The summed E-state index contributed by atoms with van der Waals surface area (Å²) in [7, 11) is 0. The summed E-state index contributed by atoms with van der Waals surface area (Å²) >= 11 is 3.32. The molecule has 6 nitrogen and oxygen atoms in total. The molecule has 0 atom stereocenters. The van der Waals surface area contributed by atoms with Gasteiger partial charge in [-0.05, 0) is 55.8 Å². The molecule has 1 saturated heterocycles. The van der Waals surface area contributed by atoms with E-state index >= 15 is 0 Å². The van der Waals surface area contributed by atoms with Gasteiger partial charge in [0.1, 0.15) is 5.57 Å². The van der Waals surface area contributed by atoms with Gasteiger partial charge in [0, 0.05) is 23.2 Å². The molecule has 0 aromatic heterocycles. The fourth-order valence-electron chi connectivity index (χ4n) is 3.04. The number of benzene rings is 2. The Bertz CT molecular complexity index is 950. The molecule has 0 bridgehead atoms. The minimum Gasteiger partial charge on any atom is -0.372 e. The summed E-state index contributed by atoms with van der Waals surface area (Å²) in [5, 5.41) is 2.23. The van der Waals surface area contributed by atoms with E-state index in [1.165, 1.54) is 6.08 Å². The number of hydrogen-bond donors (Lipinski definition) is 1. The van der Waals surface area contributed by atoms with Gasteiger partial charge in [0.05, 0.1) is 5.69 Å². The molecule has 1 aliphatic rings. The third kappa shape index (κ3) is 3.99. The summed E-state index contributed by atoms with van der Waals surface area (Å²) in [5.74, 6) is -1.35. The van der Waals surface area contributed by atoms with Crippen LogP contribution in [0.5, 0.6) is 0 Å². The number of nitrogens with one attached hydrogen (secondary N) is 1. The molecule has 0 aliphatic carbocycles. The van der Waals surface area contributed by atoms with Crippen molar-refractivity contribution in [3.63, 3.8) is 0 Å². The van der Waals surface area contributed by atoms with Gasteiger partial charge in [-0.1, -0.05) is 34.1 Å².